The third kappa shape index (κ3) is 2.64. The van der Waals surface area contributed by atoms with Crippen LogP contribution in [0.2, 0.25) is 0 Å². The van der Waals surface area contributed by atoms with Crippen LogP contribution in [0.25, 0.3) is 0 Å². The highest BCUT2D eigenvalue weighted by atomic mass is 16.3. The van der Waals surface area contributed by atoms with Gasteiger partial charge in [0.15, 0.2) is 0 Å². The second-order valence-corrected chi connectivity index (χ2v) is 4.92. The topological polar surface area (TPSA) is 52.6 Å². The number of amides is 1. The molecule has 1 saturated heterocycles. The van der Waals surface area contributed by atoms with E-state index < -0.39 is 0 Å². The van der Waals surface area contributed by atoms with E-state index in [0.29, 0.717) is 5.56 Å². The number of carbonyl (C=O) groups excluding carboxylic acids is 1. The van der Waals surface area contributed by atoms with E-state index in [1.54, 1.807) is 30.0 Å². The number of carbonyl (C=O) groups is 1. The van der Waals surface area contributed by atoms with E-state index >= 15 is 0 Å². The van der Waals surface area contributed by atoms with Crippen LogP contribution in [-0.2, 0) is 0 Å². The molecule has 1 aromatic carbocycles. The molecule has 1 fully saturated rings. The Morgan fingerprint density at radius 2 is 2.28 bits per heavy atom. The first-order valence-corrected chi connectivity index (χ1v) is 6.37. The van der Waals surface area contributed by atoms with Crippen LogP contribution in [-0.4, -0.2) is 42.1 Å². The van der Waals surface area contributed by atoms with Gasteiger partial charge >= 0.3 is 0 Å². The number of nitrogens with one attached hydrogen (secondary N) is 1. The number of phenols is 1. The van der Waals surface area contributed by atoms with E-state index in [9.17, 15) is 9.90 Å². The van der Waals surface area contributed by atoms with Crippen LogP contribution in [0.4, 0.5) is 0 Å². The van der Waals surface area contributed by atoms with Crippen LogP contribution >= 0.6 is 0 Å². The number of rotatable bonds is 2. The number of phenolic OH excluding ortho intramolecular Hbond substituents is 1. The first kappa shape index (κ1) is 12.9. The van der Waals surface area contributed by atoms with Gasteiger partial charge in [-0.05, 0) is 50.1 Å². The number of nitrogens with zero attached hydrogens (tertiary/aromatic N) is 1. The molecule has 1 aliphatic rings. The van der Waals surface area contributed by atoms with Crippen molar-refractivity contribution in [3.8, 4) is 5.75 Å². The summed E-state index contributed by atoms with van der Waals surface area (Å²) in [7, 11) is 1.85. The van der Waals surface area contributed by atoms with Gasteiger partial charge in [-0.2, -0.15) is 0 Å². The lowest BCUT2D eigenvalue weighted by Gasteiger charge is -2.31. The van der Waals surface area contributed by atoms with E-state index in [0.717, 1.165) is 31.5 Å². The van der Waals surface area contributed by atoms with E-state index in [1.807, 2.05) is 7.05 Å². The van der Waals surface area contributed by atoms with Gasteiger partial charge in [0.2, 0.25) is 0 Å². The fourth-order valence-electron chi connectivity index (χ4n) is 2.32. The van der Waals surface area contributed by atoms with Crippen molar-refractivity contribution in [2.75, 3.05) is 20.1 Å². The van der Waals surface area contributed by atoms with E-state index in [-0.39, 0.29) is 17.7 Å². The van der Waals surface area contributed by atoms with Crippen LogP contribution in [0.5, 0.6) is 5.75 Å². The number of piperidine rings is 1. The Morgan fingerprint density at radius 1 is 1.50 bits per heavy atom. The zero-order valence-electron chi connectivity index (χ0n) is 10.9. The van der Waals surface area contributed by atoms with E-state index in [4.69, 9.17) is 0 Å². The molecule has 1 heterocycles. The molecule has 0 spiro atoms. The third-order valence-electron chi connectivity index (χ3n) is 3.58. The summed E-state index contributed by atoms with van der Waals surface area (Å²) in [6.45, 7) is 3.70. The second kappa shape index (κ2) is 5.40. The molecule has 1 aromatic rings. The van der Waals surface area contributed by atoms with Gasteiger partial charge in [-0.15, -0.1) is 0 Å². The summed E-state index contributed by atoms with van der Waals surface area (Å²) in [4.78, 5) is 14.1. The van der Waals surface area contributed by atoms with Crippen molar-refractivity contribution in [1.82, 2.24) is 10.2 Å². The van der Waals surface area contributed by atoms with E-state index in [1.165, 1.54) is 0 Å². The van der Waals surface area contributed by atoms with Gasteiger partial charge in [0.05, 0.1) is 0 Å². The summed E-state index contributed by atoms with van der Waals surface area (Å²) in [6, 6.07) is 5.26. The molecule has 1 unspecified atom stereocenters. The quantitative estimate of drug-likeness (QED) is 0.834. The van der Waals surface area contributed by atoms with Crippen molar-refractivity contribution in [3.05, 3.63) is 29.3 Å². The number of hydrogen-bond donors (Lipinski definition) is 2. The zero-order chi connectivity index (χ0) is 13.1. The van der Waals surface area contributed by atoms with Gasteiger partial charge < -0.3 is 15.3 Å². The molecular formula is C14H20N2O2. The van der Waals surface area contributed by atoms with E-state index in [2.05, 4.69) is 5.32 Å². The lowest BCUT2D eigenvalue weighted by atomic mass is 10.0. The molecule has 0 aromatic heterocycles. The van der Waals surface area contributed by atoms with Crippen molar-refractivity contribution in [2.45, 2.75) is 25.8 Å². The predicted octanol–water partition coefficient (Wildman–Crippen LogP) is 1.52. The third-order valence-corrected chi connectivity index (χ3v) is 3.58. The molecule has 4 nitrogen and oxygen atoms in total. The summed E-state index contributed by atoms with van der Waals surface area (Å²) in [6.07, 6.45) is 2.16. The standard InChI is InChI=1S/C14H20N2O2/c1-10-8-11(5-6-13(10)17)14(18)16(2)12-4-3-7-15-9-12/h5-6,8,12,15,17H,3-4,7,9H2,1-2H3. The largest absolute Gasteiger partial charge is 0.508 e. The first-order valence-electron chi connectivity index (χ1n) is 6.37. The molecule has 4 heteroatoms. The average molecular weight is 248 g/mol. The van der Waals surface area contributed by atoms with Crippen molar-refractivity contribution in [3.63, 3.8) is 0 Å². The minimum absolute atomic E-state index is 0.0202. The van der Waals surface area contributed by atoms with Crippen LogP contribution in [0.1, 0.15) is 28.8 Å². The number of likely N-dealkylation sites (N-methyl/N-ethyl adjacent to an activating group) is 1. The highest BCUT2D eigenvalue weighted by Crippen LogP contribution is 2.19. The molecule has 0 radical (unpaired) electrons. The van der Waals surface area contributed by atoms with Crippen molar-refractivity contribution in [2.24, 2.45) is 0 Å². The predicted molar refractivity (Wildman–Crippen MR) is 70.8 cm³/mol. The fraction of sp³-hybridized carbons (Fsp3) is 0.500. The number of hydrogen-bond acceptors (Lipinski definition) is 3. The molecular weight excluding hydrogens is 228 g/mol. The average Bonchev–Trinajstić information content (AvgIpc) is 2.41. The lowest BCUT2D eigenvalue weighted by Crippen LogP contribution is -2.46. The Balaban J connectivity index is 2.11. The van der Waals surface area contributed by atoms with Gasteiger partial charge in [0, 0.05) is 25.2 Å². The maximum absolute atomic E-state index is 12.3. The van der Waals surface area contributed by atoms with Gasteiger partial charge in [-0.1, -0.05) is 0 Å². The number of aryl methyl sites for hydroxylation is 1. The number of benzene rings is 1. The molecule has 1 amide bonds. The Labute approximate surface area is 108 Å². The smallest absolute Gasteiger partial charge is 0.253 e. The highest BCUT2D eigenvalue weighted by Gasteiger charge is 2.22. The summed E-state index contributed by atoms with van der Waals surface area (Å²) >= 11 is 0. The monoisotopic (exact) mass is 248 g/mol. The molecule has 2 N–H and O–H groups in total. The van der Waals surface area contributed by atoms with Crippen molar-refractivity contribution >= 4 is 5.91 Å². The van der Waals surface area contributed by atoms with Gasteiger partial charge in [-0.3, -0.25) is 4.79 Å². The first-order chi connectivity index (χ1) is 8.59. The summed E-state index contributed by atoms with van der Waals surface area (Å²) in [5.74, 6) is 0.250. The van der Waals surface area contributed by atoms with Crippen LogP contribution in [0.3, 0.4) is 0 Å². The molecule has 98 valence electrons. The molecule has 1 aliphatic heterocycles. The molecule has 18 heavy (non-hydrogen) atoms. The normalized spacial score (nSPS) is 19.6. The Morgan fingerprint density at radius 3 is 2.89 bits per heavy atom. The summed E-state index contributed by atoms with van der Waals surface area (Å²) in [5.41, 5.74) is 1.37. The Hall–Kier alpha value is -1.55. The highest BCUT2D eigenvalue weighted by molar-refractivity contribution is 5.94. The van der Waals surface area contributed by atoms with Crippen molar-refractivity contribution < 1.29 is 9.90 Å². The molecule has 0 aliphatic carbocycles. The Bertz CT molecular complexity index is 439. The Kier molecular flexibility index (Phi) is 3.87. The van der Waals surface area contributed by atoms with Crippen LogP contribution in [0, 0.1) is 6.92 Å². The number of aromatic hydroxyl groups is 1. The molecule has 2 rings (SSSR count). The minimum atomic E-state index is 0.0202. The molecule has 0 bridgehead atoms. The van der Waals surface area contributed by atoms with Gasteiger partial charge in [0.1, 0.15) is 5.75 Å². The van der Waals surface area contributed by atoms with Crippen LogP contribution in [0.15, 0.2) is 18.2 Å². The van der Waals surface area contributed by atoms with Crippen molar-refractivity contribution in [1.29, 1.82) is 0 Å². The molecule has 0 saturated carbocycles. The SMILES string of the molecule is Cc1cc(C(=O)N(C)C2CCCNC2)ccc1O. The van der Waals surface area contributed by atoms with Gasteiger partial charge in [-0.25, -0.2) is 0 Å². The lowest BCUT2D eigenvalue weighted by molar-refractivity contribution is 0.0708. The second-order valence-electron chi connectivity index (χ2n) is 4.92. The maximum atomic E-state index is 12.3. The maximum Gasteiger partial charge on any atom is 0.253 e. The minimum Gasteiger partial charge on any atom is -0.508 e. The molecule has 1 atom stereocenters. The fourth-order valence-corrected chi connectivity index (χ4v) is 2.32. The van der Waals surface area contributed by atoms with Crippen LogP contribution < -0.4 is 5.32 Å². The summed E-state index contributed by atoms with van der Waals surface area (Å²) in [5, 5.41) is 12.8. The zero-order valence-corrected chi connectivity index (χ0v) is 10.9. The van der Waals surface area contributed by atoms with Gasteiger partial charge in [0.25, 0.3) is 5.91 Å². The summed E-state index contributed by atoms with van der Waals surface area (Å²) < 4.78 is 0.